The first kappa shape index (κ1) is 25.8. The van der Waals surface area contributed by atoms with Gasteiger partial charge in [0.05, 0.1) is 11.1 Å². The van der Waals surface area contributed by atoms with Gasteiger partial charge in [0.25, 0.3) is 17.5 Å². The zero-order valence-electron chi connectivity index (χ0n) is 20.0. The summed E-state index contributed by atoms with van der Waals surface area (Å²) >= 11 is 0. The van der Waals surface area contributed by atoms with Crippen LogP contribution < -0.4 is 15.6 Å². The molecule has 0 saturated carbocycles. The van der Waals surface area contributed by atoms with Crippen LogP contribution in [0, 0.1) is 10.1 Å². The van der Waals surface area contributed by atoms with Gasteiger partial charge in [-0.25, -0.2) is 5.43 Å². The van der Waals surface area contributed by atoms with Crippen LogP contribution >= 0.6 is 0 Å². The van der Waals surface area contributed by atoms with E-state index in [1.165, 1.54) is 30.5 Å². The van der Waals surface area contributed by atoms with Crippen LogP contribution in [0.4, 0.5) is 11.4 Å². The monoisotopic (exact) mass is 485 g/mol. The van der Waals surface area contributed by atoms with E-state index in [-0.39, 0.29) is 11.4 Å². The van der Waals surface area contributed by atoms with Crippen molar-refractivity contribution in [3.8, 4) is 0 Å². The van der Waals surface area contributed by atoms with Gasteiger partial charge in [0, 0.05) is 36.5 Å². The van der Waals surface area contributed by atoms with Gasteiger partial charge in [-0.05, 0) is 67.4 Å². The fourth-order valence-corrected chi connectivity index (χ4v) is 3.39. The fraction of sp³-hybridized carbons (Fsp3) is 0.148. The number of nitrogens with zero attached hydrogens (tertiary/aromatic N) is 3. The van der Waals surface area contributed by atoms with Crippen molar-refractivity contribution >= 4 is 35.5 Å². The Morgan fingerprint density at radius 2 is 1.53 bits per heavy atom. The average Bonchev–Trinajstić information content (AvgIpc) is 2.90. The lowest BCUT2D eigenvalue weighted by Gasteiger charge is -2.20. The number of amides is 2. The van der Waals surface area contributed by atoms with Gasteiger partial charge in [-0.3, -0.25) is 19.7 Å². The summed E-state index contributed by atoms with van der Waals surface area (Å²) in [6.07, 6.45) is 2.93. The van der Waals surface area contributed by atoms with E-state index in [0.717, 1.165) is 24.3 Å². The maximum Gasteiger partial charge on any atom is 0.287 e. The number of nitrogens with one attached hydrogen (secondary N) is 2. The van der Waals surface area contributed by atoms with Crippen LogP contribution in [-0.2, 0) is 4.79 Å². The molecular formula is C27H27N5O4. The molecule has 0 fully saturated rings. The van der Waals surface area contributed by atoms with Crippen LogP contribution in [0.5, 0.6) is 0 Å². The maximum absolute atomic E-state index is 12.9. The minimum atomic E-state index is -0.620. The highest BCUT2D eigenvalue weighted by Gasteiger charge is 2.14. The lowest BCUT2D eigenvalue weighted by atomic mass is 10.1. The zero-order chi connectivity index (χ0) is 25.9. The molecule has 0 bridgehead atoms. The highest BCUT2D eigenvalue weighted by Crippen LogP contribution is 2.17. The summed E-state index contributed by atoms with van der Waals surface area (Å²) in [7, 11) is 0. The SMILES string of the molecule is CCN(CC)c1ccc(C=C(NC(=O)c2ccccc2)C(=O)NN=Cc2ccc([N+](=O)[O-])cc2)cc1. The molecule has 0 unspecified atom stereocenters. The molecule has 36 heavy (non-hydrogen) atoms. The number of hydrogen-bond donors (Lipinski definition) is 2. The Bertz CT molecular complexity index is 1250. The van der Waals surface area contributed by atoms with Crippen molar-refractivity contribution in [2.75, 3.05) is 18.0 Å². The van der Waals surface area contributed by atoms with Gasteiger partial charge in [0.15, 0.2) is 0 Å². The first-order valence-electron chi connectivity index (χ1n) is 11.4. The van der Waals surface area contributed by atoms with E-state index in [4.69, 9.17) is 0 Å². The van der Waals surface area contributed by atoms with E-state index in [9.17, 15) is 19.7 Å². The normalized spacial score (nSPS) is 11.2. The number of carbonyl (C=O) groups excluding carboxylic acids is 2. The fourth-order valence-electron chi connectivity index (χ4n) is 3.39. The van der Waals surface area contributed by atoms with Crippen LogP contribution in [0.2, 0.25) is 0 Å². The Balaban J connectivity index is 1.80. The predicted molar refractivity (Wildman–Crippen MR) is 141 cm³/mol. The minimum absolute atomic E-state index is 0.0142. The van der Waals surface area contributed by atoms with Crippen molar-refractivity contribution in [3.05, 3.63) is 111 Å². The van der Waals surface area contributed by atoms with Gasteiger partial charge < -0.3 is 10.2 Å². The number of nitro benzene ring substituents is 1. The van der Waals surface area contributed by atoms with Crippen molar-refractivity contribution in [3.63, 3.8) is 0 Å². The molecule has 0 heterocycles. The second kappa shape index (κ2) is 12.6. The van der Waals surface area contributed by atoms with Crippen LogP contribution in [-0.4, -0.2) is 36.0 Å². The molecule has 9 nitrogen and oxygen atoms in total. The number of carbonyl (C=O) groups is 2. The molecule has 0 aromatic heterocycles. The van der Waals surface area contributed by atoms with Crippen LogP contribution in [0.1, 0.15) is 35.3 Å². The topological polar surface area (TPSA) is 117 Å². The van der Waals surface area contributed by atoms with Gasteiger partial charge in [-0.2, -0.15) is 5.10 Å². The molecule has 3 rings (SSSR count). The summed E-state index contributed by atoms with van der Waals surface area (Å²) in [6.45, 7) is 5.91. The van der Waals surface area contributed by atoms with E-state index >= 15 is 0 Å². The van der Waals surface area contributed by atoms with Crippen LogP contribution in [0.25, 0.3) is 6.08 Å². The summed E-state index contributed by atoms with van der Waals surface area (Å²) in [5, 5.41) is 17.4. The Morgan fingerprint density at radius 3 is 2.11 bits per heavy atom. The molecule has 3 aromatic carbocycles. The smallest absolute Gasteiger partial charge is 0.287 e. The molecule has 0 aliphatic heterocycles. The molecule has 0 atom stereocenters. The second-order valence-corrected chi connectivity index (χ2v) is 7.69. The predicted octanol–water partition coefficient (Wildman–Crippen LogP) is 4.36. The Kier molecular flexibility index (Phi) is 9.05. The molecule has 2 amide bonds. The highest BCUT2D eigenvalue weighted by atomic mass is 16.6. The standard InChI is InChI=1S/C27H27N5O4/c1-3-31(4-2)23-14-10-20(11-15-23)18-25(29-26(33)22-8-6-5-7-9-22)27(34)30-28-19-21-12-16-24(17-13-21)32(35)36/h5-19H,3-4H2,1-2H3,(H,29,33)(H,30,34). The summed E-state index contributed by atoms with van der Waals surface area (Å²) < 4.78 is 0. The largest absolute Gasteiger partial charge is 0.372 e. The lowest BCUT2D eigenvalue weighted by molar-refractivity contribution is -0.384. The van der Waals surface area contributed by atoms with E-state index in [1.54, 1.807) is 36.4 Å². The van der Waals surface area contributed by atoms with Crippen LogP contribution in [0.15, 0.2) is 89.7 Å². The first-order chi connectivity index (χ1) is 17.4. The molecular weight excluding hydrogens is 458 g/mol. The highest BCUT2D eigenvalue weighted by molar-refractivity contribution is 6.05. The Morgan fingerprint density at radius 1 is 0.917 bits per heavy atom. The maximum atomic E-state index is 12.9. The van der Waals surface area contributed by atoms with Crippen molar-refractivity contribution in [1.82, 2.24) is 10.7 Å². The number of non-ortho nitro benzene ring substituents is 1. The molecule has 0 radical (unpaired) electrons. The summed E-state index contributed by atoms with van der Waals surface area (Å²) in [5.74, 6) is -1.05. The molecule has 3 aromatic rings. The number of hydrogen-bond acceptors (Lipinski definition) is 6. The van der Waals surface area contributed by atoms with Gasteiger partial charge in [-0.1, -0.05) is 30.3 Å². The van der Waals surface area contributed by atoms with Crippen molar-refractivity contribution in [2.45, 2.75) is 13.8 Å². The molecule has 0 saturated heterocycles. The number of rotatable bonds is 10. The molecule has 0 spiro atoms. The number of hydrazone groups is 1. The quantitative estimate of drug-likeness (QED) is 0.191. The van der Waals surface area contributed by atoms with Crippen molar-refractivity contribution in [2.24, 2.45) is 5.10 Å². The first-order valence-corrected chi connectivity index (χ1v) is 11.4. The van der Waals surface area contributed by atoms with Crippen molar-refractivity contribution in [1.29, 1.82) is 0 Å². The van der Waals surface area contributed by atoms with Crippen LogP contribution in [0.3, 0.4) is 0 Å². The second-order valence-electron chi connectivity index (χ2n) is 7.69. The minimum Gasteiger partial charge on any atom is -0.372 e. The van der Waals surface area contributed by atoms with E-state index in [0.29, 0.717) is 11.1 Å². The van der Waals surface area contributed by atoms with E-state index < -0.39 is 16.7 Å². The average molecular weight is 486 g/mol. The third-order valence-corrected chi connectivity index (χ3v) is 5.35. The number of anilines is 1. The van der Waals surface area contributed by atoms with Gasteiger partial charge in [-0.15, -0.1) is 0 Å². The molecule has 9 heteroatoms. The van der Waals surface area contributed by atoms with Crippen molar-refractivity contribution < 1.29 is 14.5 Å². The number of nitro groups is 1. The molecule has 0 aliphatic rings. The Hall–Kier alpha value is -4.79. The van der Waals surface area contributed by atoms with E-state index in [1.807, 2.05) is 24.3 Å². The Labute approximate surface area is 209 Å². The van der Waals surface area contributed by atoms with Gasteiger partial charge in [0.2, 0.25) is 0 Å². The van der Waals surface area contributed by atoms with Gasteiger partial charge in [0.1, 0.15) is 5.70 Å². The number of benzene rings is 3. The summed E-state index contributed by atoms with van der Waals surface area (Å²) in [6, 6.07) is 21.9. The lowest BCUT2D eigenvalue weighted by Crippen LogP contribution is -2.32. The van der Waals surface area contributed by atoms with E-state index in [2.05, 4.69) is 34.6 Å². The van der Waals surface area contributed by atoms with Gasteiger partial charge >= 0.3 is 0 Å². The molecule has 0 aliphatic carbocycles. The third kappa shape index (κ3) is 7.10. The molecule has 184 valence electrons. The zero-order valence-corrected chi connectivity index (χ0v) is 20.0. The summed E-state index contributed by atoms with van der Waals surface area (Å²) in [4.78, 5) is 38.1. The summed E-state index contributed by atoms with van der Waals surface area (Å²) in [5.41, 5.74) is 5.12. The molecule has 2 N–H and O–H groups in total. The third-order valence-electron chi connectivity index (χ3n) is 5.35.